The minimum Gasteiger partial charge on any atom is -0.392 e. The first kappa shape index (κ1) is 17.2. The van der Waals surface area contributed by atoms with Crippen molar-refractivity contribution in [1.82, 2.24) is 10.2 Å². The normalized spacial score (nSPS) is 34.8. The third-order valence-electron chi connectivity index (χ3n) is 6.14. The lowest BCUT2D eigenvalue weighted by Gasteiger charge is -2.31. The summed E-state index contributed by atoms with van der Waals surface area (Å²) in [5.41, 5.74) is -0.0229. The Kier molecular flexibility index (Phi) is 3.71. The van der Waals surface area contributed by atoms with Crippen molar-refractivity contribution in [2.45, 2.75) is 50.9 Å². The highest BCUT2D eigenvalue weighted by Gasteiger charge is 2.71. The van der Waals surface area contributed by atoms with E-state index in [1.807, 2.05) is 19.9 Å². The third kappa shape index (κ3) is 1.92. The van der Waals surface area contributed by atoms with E-state index in [-0.39, 0.29) is 23.8 Å². The number of amides is 3. The number of fused-ring (bicyclic) bond motifs is 4. The molecule has 0 radical (unpaired) electrons. The van der Waals surface area contributed by atoms with Crippen LogP contribution in [0, 0.1) is 11.8 Å². The Hall–Kier alpha value is -2.25. The maximum atomic E-state index is 13.3. The van der Waals surface area contributed by atoms with Gasteiger partial charge in [-0.3, -0.25) is 24.6 Å². The van der Waals surface area contributed by atoms with E-state index < -0.39 is 29.5 Å². The number of para-hydroxylation sites is 1. The number of nitrogens with one attached hydrogen (secondary N) is 2. The van der Waals surface area contributed by atoms with Gasteiger partial charge in [-0.25, -0.2) is 0 Å². The summed E-state index contributed by atoms with van der Waals surface area (Å²) < 4.78 is 0. The number of aliphatic hydroxyl groups is 1. The van der Waals surface area contributed by atoms with E-state index in [1.54, 1.807) is 25.1 Å². The average Bonchev–Trinajstić information content (AvgIpc) is 3.20. The number of imide groups is 1. The van der Waals surface area contributed by atoms with Crippen LogP contribution in [0.3, 0.4) is 0 Å². The molecule has 3 amide bonds. The number of carbonyl (C=O) groups excluding carboxylic acids is 3. The number of aliphatic hydroxyl groups excluding tert-OH is 1. The molecule has 0 aliphatic carbocycles. The summed E-state index contributed by atoms with van der Waals surface area (Å²) in [6.45, 7) is 5.32. The zero-order valence-corrected chi connectivity index (χ0v) is 15.0. The monoisotopic (exact) mass is 357 g/mol. The molecule has 1 spiro atoms. The van der Waals surface area contributed by atoms with Crippen molar-refractivity contribution >= 4 is 23.4 Å². The van der Waals surface area contributed by atoms with E-state index in [1.165, 1.54) is 4.90 Å². The maximum absolute atomic E-state index is 13.3. The fourth-order valence-electron chi connectivity index (χ4n) is 4.74. The summed E-state index contributed by atoms with van der Waals surface area (Å²) >= 11 is 0. The van der Waals surface area contributed by atoms with Gasteiger partial charge < -0.3 is 10.4 Å². The predicted octanol–water partition coefficient (Wildman–Crippen LogP) is 0.586. The van der Waals surface area contributed by atoms with E-state index in [9.17, 15) is 19.5 Å². The highest BCUT2D eigenvalue weighted by Crippen LogP contribution is 2.53. The molecular formula is C19H23N3O4. The molecular weight excluding hydrogens is 334 g/mol. The number of hydrogen-bond acceptors (Lipinski definition) is 5. The first-order valence-electron chi connectivity index (χ1n) is 9.08. The van der Waals surface area contributed by atoms with Gasteiger partial charge in [-0.1, -0.05) is 25.1 Å². The van der Waals surface area contributed by atoms with Gasteiger partial charge in [0.25, 0.3) is 0 Å². The molecule has 3 aliphatic rings. The quantitative estimate of drug-likeness (QED) is 0.688. The van der Waals surface area contributed by atoms with Crippen molar-refractivity contribution in [2.24, 2.45) is 11.8 Å². The van der Waals surface area contributed by atoms with Crippen LogP contribution in [0.5, 0.6) is 0 Å². The smallest absolute Gasteiger partial charge is 0.250 e. The first-order chi connectivity index (χ1) is 12.3. The molecule has 2 saturated heterocycles. The number of nitrogens with zero attached hydrogens (tertiary/aromatic N) is 1. The van der Waals surface area contributed by atoms with Crippen molar-refractivity contribution in [1.29, 1.82) is 0 Å². The average molecular weight is 357 g/mol. The van der Waals surface area contributed by atoms with Crippen LogP contribution in [0.2, 0.25) is 0 Å². The van der Waals surface area contributed by atoms with Crippen LogP contribution in [0.4, 0.5) is 5.69 Å². The number of benzene rings is 1. The predicted molar refractivity (Wildman–Crippen MR) is 93.9 cm³/mol. The molecule has 26 heavy (non-hydrogen) atoms. The number of likely N-dealkylation sites (tertiary alicyclic amines) is 1. The first-order valence-corrected chi connectivity index (χ1v) is 9.08. The third-order valence-corrected chi connectivity index (χ3v) is 6.14. The molecule has 3 aliphatic heterocycles. The second-order valence-corrected chi connectivity index (χ2v) is 7.53. The molecule has 7 heteroatoms. The van der Waals surface area contributed by atoms with Gasteiger partial charge in [0.2, 0.25) is 17.7 Å². The Morgan fingerprint density at radius 2 is 1.88 bits per heavy atom. The molecule has 0 saturated carbocycles. The lowest BCUT2D eigenvalue weighted by molar-refractivity contribution is -0.145. The van der Waals surface area contributed by atoms with Crippen LogP contribution in [-0.4, -0.2) is 45.9 Å². The van der Waals surface area contributed by atoms with Crippen LogP contribution in [-0.2, 0) is 19.9 Å². The maximum Gasteiger partial charge on any atom is 0.250 e. The molecule has 2 fully saturated rings. The van der Waals surface area contributed by atoms with Crippen molar-refractivity contribution in [3.05, 3.63) is 29.8 Å². The van der Waals surface area contributed by atoms with E-state index in [0.29, 0.717) is 17.7 Å². The zero-order chi connectivity index (χ0) is 18.8. The second kappa shape index (κ2) is 5.62. The summed E-state index contributed by atoms with van der Waals surface area (Å²) in [4.78, 5) is 40.7. The lowest BCUT2D eigenvalue weighted by atomic mass is 9.76. The topological polar surface area (TPSA) is 98.7 Å². The minimum absolute atomic E-state index is 0.244. The minimum atomic E-state index is -1.32. The molecule has 1 aromatic carbocycles. The molecule has 3 heterocycles. The van der Waals surface area contributed by atoms with Gasteiger partial charge in [-0.15, -0.1) is 0 Å². The van der Waals surface area contributed by atoms with E-state index >= 15 is 0 Å². The zero-order valence-electron chi connectivity index (χ0n) is 15.0. The van der Waals surface area contributed by atoms with Crippen LogP contribution in [0.15, 0.2) is 24.3 Å². The standard InChI is InChI=1S/C19H23N3O4/c1-4-9(2)22-16(24)13-14(17(22)25)19(21-15(13)10(3)23)11-7-5-6-8-12(11)20-18(19)26/h5-10,13-15,21,23H,4H2,1-3H3,(H,20,26)/t9-,10+,13+,14+,15-,19-/m1/s1. The van der Waals surface area contributed by atoms with Gasteiger partial charge in [-0.05, 0) is 26.3 Å². The van der Waals surface area contributed by atoms with Crippen molar-refractivity contribution in [3.63, 3.8) is 0 Å². The van der Waals surface area contributed by atoms with Crippen LogP contribution >= 0.6 is 0 Å². The number of hydrogen-bond donors (Lipinski definition) is 3. The summed E-state index contributed by atoms with van der Waals surface area (Å²) in [6, 6.07) is 6.28. The van der Waals surface area contributed by atoms with Gasteiger partial charge in [-0.2, -0.15) is 0 Å². The highest BCUT2D eigenvalue weighted by molar-refractivity contribution is 6.15. The van der Waals surface area contributed by atoms with E-state index in [0.717, 1.165) is 0 Å². The Bertz CT molecular complexity index is 808. The molecule has 138 valence electrons. The summed E-state index contributed by atoms with van der Waals surface area (Å²) in [5.74, 6) is -2.59. The molecule has 0 bridgehead atoms. The molecule has 3 N–H and O–H groups in total. The lowest BCUT2D eigenvalue weighted by Crippen LogP contribution is -2.55. The Morgan fingerprint density at radius 1 is 1.19 bits per heavy atom. The summed E-state index contributed by atoms with van der Waals surface area (Å²) in [7, 11) is 0. The number of carbonyl (C=O) groups is 3. The van der Waals surface area contributed by atoms with Crippen molar-refractivity contribution in [2.75, 3.05) is 5.32 Å². The van der Waals surface area contributed by atoms with Gasteiger partial charge >= 0.3 is 0 Å². The molecule has 1 aromatic rings. The van der Waals surface area contributed by atoms with Gasteiger partial charge in [0.15, 0.2) is 0 Å². The Morgan fingerprint density at radius 3 is 2.54 bits per heavy atom. The van der Waals surface area contributed by atoms with Gasteiger partial charge in [0.1, 0.15) is 5.54 Å². The largest absolute Gasteiger partial charge is 0.392 e. The van der Waals surface area contributed by atoms with Crippen LogP contribution in [0.25, 0.3) is 0 Å². The molecule has 0 unspecified atom stereocenters. The summed E-state index contributed by atoms with van der Waals surface area (Å²) in [6.07, 6.45) is -0.240. The van der Waals surface area contributed by atoms with Gasteiger partial charge in [0.05, 0.1) is 17.9 Å². The van der Waals surface area contributed by atoms with Crippen molar-refractivity contribution in [3.8, 4) is 0 Å². The molecule has 4 rings (SSSR count). The fraction of sp³-hybridized carbons (Fsp3) is 0.526. The van der Waals surface area contributed by atoms with Gasteiger partial charge in [0, 0.05) is 23.3 Å². The van der Waals surface area contributed by atoms with E-state index in [2.05, 4.69) is 10.6 Å². The Labute approximate surface area is 151 Å². The fourth-order valence-corrected chi connectivity index (χ4v) is 4.74. The molecule has 0 aromatic heterocycles. The second-order valence-electron chi connectivity index (χ2n) is 7.53. The van der Waals surface area contributed by atoms with Crippen LogP contribution < -0.4 is 10.6 Å². The van der Waals surface area contributed by atoms with E-state index in [4.69, 9.17) is 0 Å². The SMILES string of the molecule is CC[C@@H](C)N1C(=O)[C@@H]2[C@@H]([C@H](C)O)N[C@@]3(C(=O)Nc4ccccc43)[C@@H]2C1=O. The highest BCUT2D eigenvalue weighted by atomic mass is 16.3. The number of rotatable bonds is 3. The number of anilines is 1. The van der Waals surface area contributed by atoms with Crippen molar-refractivity contribution < 1.29 is 19.5 Å². The molecule has 7 nitrogen and oxygen atoms in total. The molecule has 6 atom stereocenters. The Balaban J connectivity index is 1.90. The van der Waals surface area contributed by atoms with Crippen LogP contribution in [0.1, 0.15) is 32.8 Å². The summed E-state index contributed by atoms with van der Waals surface area (Å²) in [5, 5.41) is 16.3.